The molecule has 3 aromatic carbocycles. The molecule has 1 heterocycles. The molecule has 4 rings (SSSR count). The van der Waals surface area contributed by atoms with Crippen LogP contribution in [0.15, 0.2) is 36.4 Å². The molecule has 0 unspecified atom stereocenters. The lowest BCUT2D eigenvalue weighted by Crippen LogP contribution is -2.34. The van der Waals surface area contributed by atoms with Crippen molar-refractivity contribution in [1.82, 2.24) is 0 Å². The van der Waals surface area contributed by atoms with Gasteiger partial charge in [-0.25, -0.2) is 4.79 Å². The molecule has 2 atom stereocenters. The Labute approximate surface area is 198 Å². The predicted octanol–water partition coefficient (Wildman–Crippen LogP) is 2.93. The molecule has 35 heavy (non-hydrogen) atoms. The third-order valence-electron chi connectivity index (χ3n) is 5.44. The Bertz CT molecular complexity index is 1280. The maximum absolute atomic E-state index is 13.0. The quantitative estimate of drug-likeness (QED) is 0.208. The molecular formula is C24H22O11. The monoisotopic (exact) mass is 486 g/mol. The van der Waals surface area contributed by atoms with Crippen LogP contribution < -0.4 is 9.47 Å². The summed E-state index contributed by atoms with van der Waals surface area (Å²) in [5.74, 6) is -4.79. The van der Waals surface area contributed by atoms with E-state index in [4.69, 9.17) is 14.2 Å². The molecule has 184 valence electrons. The van der Waals surface area contributed by atoms with Crippen LogP contribution in [0.4, 0.5) is 0 Å². The van der Waals surface area contributed by atoms with E-state index in [1.807, 2.05) is 0 Å². The van der Waals surface area contributed by atoms with Crippen molar-refractivity contribution >= 4 is 5.97 Å². The standard InChI is InChI=1S/C24H22O11/c1-2-33-19-6-11(5-17(29)22(19)31)24(32)35-20-9-13-14(26)7-12(25)8-18(13)34-23(20)10-3-15(27)21(30)16(28)4-10/h3-8,20,23,25-31H,2,9H2,1H3/t20-,23-/m1/s1. The number of rotatable bonds is 5. The Morgan fingerprint density at radius 2 is 1.54 bits per heavy atom. The van der Waals surface area contributed by atoms with Gasteiger partial charge in [0.05, 0.1) is 12.2 Å². The molecule has 1 aliphatic rings. The second kappa shape index (κ2) is 8.93. The first-order valence-corrected chi connectivity index (χ1v) is 10.4. The molecule has 0 saturated carbocycles. The van der Waals surface area contributed by atoms with Crippen molar-refractivity contribution in [2.45, 2.75) is 25.6 Å². The zero-order valence-corrected chi connectivity index (χ0v) is 18.3. The minimum absolute atomic E-state index is 0.0766. The summed E-state index contributed by atoms with van der Waals surface area (Å²) in [5.41, 5.74) is 0.194. The highest BCUT2D eigenvalue weighted by Crippen LogP contribution is 2.46. The first-order chi connectivity index (χ1) is 16.6. The number of aromatic hydroxyl groups is 7. The number of carbonyl (C=O) groups excluding carboxylic acids is 1. The second-order valence-electron chi connectivity index (χ2n) is 7.81. The van der Waals surface area contributed by atoms with Gasteiger partial charge in [0, 0.05) is 29.7 Å². The van der Waals surface area contributed by atoms with Crippen LogP contribution in [0, 0.1) is 0 Å². The lowest BCUT2D eigenvalue weighted by atomic mass is 9.93. The second-order valence-corrected chi connectivity index (χ2v) is 7.81. The highest BCUT2D eigenvalue weighted by molar-refractivity contribution is 5.91. The summed E-state index contributed by atoms with van der Waals surface area (Å²) in [6.45, 7) is 1.80. The van der Waals surface area contributed by atoms with Crippen molar-refractivity contribution in [2.75, 3.05) is 6.61 Å². The Morgan fingerprint density at radius 3 is 2.20 bits per heavy atom. The van der Waals surface area contributed by atoms with E-state index in [2.05, 4.69) is 0 Å². The van der Waals surface area contributed by atoms with Gasteiger partial charge in [0.1, 0.15) is 23.4 Å². The van der Waals surface area contributed by atoms with Gasteiger partial charge >= 0.3 is 5.97 Å². The summed E-state index contributed by atoms with van der Waals surface area (Å²) in [6, 6.07) is 6.71. The number of fused-ring (bicyclic) bond motifs is 1. The molecule has 11 nitrogen and oxygen atoms in total. The number of phenolic OH excluding ortho intramolecular Hbond substituents is 7. The molecule has 0 radical (unpaired) electrons. The number of benzene rings is 3. The Morgan fingerprint density at radius 1 is 0.886 bits per heavy atom. The van der Waals surface area contributed by atoms with Crippen molar-refractivity contribution in [1.29, 1.82) is 0 Å². The molecule has 0 saturated heterocycles. The minimum Gasteiger partial charge on any atom is -0.508 e. The van der Waals surface area contributed by atoms with Crippen LogP contribution in [-0.4, -0.2) is 54.4 Å². The summed E-state index contributed by atoms with van der Waals surface area (Å²) in [5, 5.41) is 69.6. The van der Waals surface area contributed by atoms with E-state index in [9.17, 15) is 40.5 Å². The van der Waals surface area contributed by atoms with Gasteiger partial charge in [0.2, 0.25) is 5.75 Å². The summed E-state index contributed by atoms with van der Waals surface area (Å²) in [6.07, 6.45) is -2.38. The van der Waals surface area contributed by atoms with Gasteiger partial charge in [-0.15, -0.1) is 0 Å². The van der Waals surface area contributed by atoms with Gasteiger partial charge in [-0.3, -0.25) is 0 Å². The van der Waals surface area contributed by atoms with Crippen molar-refractivity contribution in [3.8, 4) is 51.7 Å². The topological polar surface area (TPSA) is 186 Å². The van der Waals surface area contributed by atoms with Crippen LogP contribution in [0.3, 0.4) is 0 Å². The minimum atomic E-state index is -1.15. The number of carbonyl (C=O) groups is 1. The molecule has 0 fully saturated rings. The number of ether oxygens (including phenoxy) is 3. The molecule has 0 amide bonds. The van der Waals surface area contributed by atoms with E-state index in [-0.39, 0.29) is 52.7 Å². The zero-order valence-electron chi connectivity index (χ0n) is 18.3. The largest absolute Gasteiger partial charge is 0.508 e. The van der Waals surface area contributed by atoms with Crippen molar-refractivity contribution in [3.05, 3.63) is 53.1 Å². The van der Waals surface area contributed by atoms with E-state index in [1.165, 1.54) is 12.1 Å². The van der Waals surface area contributed by atoms with Crippen LogP contribution in [0.2, 0.25) is 0 Å². The molecule has 11 heteroatoms. The Balaban J connectivity index is 1.73. The number of hydrogen-bond acceptors (Lipinski definition) is 11. The highest BCUT2D eigenvalue weighted by Gasteiger charge is 2.37. The normalized spacial score (nSPS) is 16.7. The van der Waals surface area contributed by atoms with Gasteiger partial charge in [-0.1, -0.05) is 0 Å². The number of esters is 1. The van der Waals surface area contributed by atoms with E-state index in [1.54, 1.807) is 6.92 Å². The zero-order chi connectivity index (χ0) is 25.4. The van der Waals surface area contributed by atoms with Crippen molar-refractivity contribution in [3.63, 3.8) is 0 Å². The van der Waals surface area contributed by atoms with Crippen LogP contribution >= 0.6 is 0 Å². The first-order valence-electron chi connectivity index (χ1n) is 10.4. The van der Waals surface area contributed by atoms with Crippen molar-refractivity contribution in [2.24, 2.45) is 0 Å². The van der Waals surface area contributed by atoms with Crippen LogP contribution in [0.1, 0.15) is 34.5 Å². The van der Waals surface area contributed by atoms with Gasteiger partial charge in [0.15, 0.2) is 34.9 Å². The lowest BCUT2D eigenvalue weighted by Gasteiger charge is -2.34. The van der Waals surface area contributed by atoms with E-state index >= 15 is 0 Å². The fourth-order valence-corrected chi connectivity index (χ4v) is 3.81. The SMILES string of the molecule is CCOc1cc(C(=O)O[C@@H]2Cc3c(O)cc(O)cc3O[C@@H]2c2cc(O)c(O)c(O)c2)cc(O)c1O. The number of hydrogen-bond donors (Lipinski definition) is 7. The smallest absolute Gasteiger partial charge is 0.338 e. The summed E-state index contributed by atoms with van der Waals surface area (Å²) >= 11 is 0. The molecule has 7 N–H and O–H groups in total. The molecule has 3 aromatic rings. The average Bonchev–Trinajstić information content (AvgIpc) is 2.80. The molecule has 0 aromatic heterocycles. The first kappa shape index (κ1) is 23.5. The van der Waals surface area contributed by atoms with Crippen LogP contribution in [0.5, 0.6) is 51.7 Å². The fourth-order valence-electron chi connectivity index (χ4n) is 3.81. The Kier molecular flexibility index (Phi) is 6.00. The Hall–Kier alpha value is -4.67. The highest BCUT2D eigenvalue weighted by atomic mass is 16.6. The summed E-state index contributed by atoms with van der Waals surface area (Å²) in [7, 11) is 0. The summed E-state index contributed by atoms with van der Waals surface area (Å²) in [4.78, 5) is 13.0. The van der Waals surface area contributed by atoms with E-state index in [0.29, 0.717) is 0 Å². The van der Waals surface area contributed by atoms with E-state index in [0.717, 1.165) is 24.3 Å². The fraction of sp³-hybridized carbons (Fsp3) is 0.208. The van der Waals surface area contributed by atoms with Gasteiger partial charge in [0.25, 0.3) is 0 Å². The van der Waals surface area contributed by atoms with Crippen LogP contribution in [0.25, 0.3) is 0 Å². The molecule has 0 aliphatic carbocycles. The third-order valence-corrected chi connectivity index (χ3v) is 5.44. The van der Waals surface area contributed by atoms with E-state index < -0.39 is 46.9 Å². The lowest BCUT2D eigenvalue weighted by molar-refractivity contribution is -0.0189. The van der Waals surface area contributed by atoms with Crippen molar-refractivity contribution < 1.29 is 54.8 Å². The van der Waals surface area contributed by atoms with Gasteiger partial charge in [-0.2, -0.15) is 0 Å². The predicted molar refractivity (Wildman–Crippen MR) is 118 cm³/mol. The molecule has 0 spiro atoms. The average molecular weight is 486 g/mol. The maximum Gasteiger partial charge on any atom is 0.338 e. The number of phenols is 7. The van der Waals surface area contributed by atoms with Crippen LogP contribution in [-0.2, 0) is 11.2 Å². The third kappa shape index (κ3) is 4.43. The molecular weight excluding hydrogens is 464 g/mol. The molecule has 1 aliphatic heterocycles. The van der Waals surface area contributed by atoms with Gasteiger partial charge < -0.3 is 50.0 Å². The maximum atomic E-state index is 13.0. The van der Waals surface area contributed by atoms with Gasteiger partial charge in [-0.05, 0) is 31.2 Å². The summed E-state index contributed by atoms with van der Waals surface area (Å²) < 4.78 is 16.7. The molecule has 0 bridgehead atoms.